The predicted octanol–water partition coefficient (Wildman–Crippen LogP) is 1.12. The average molecular weight is 256 g/mol. The van der Waals surface area contributed by atoms with Gasteiger partial charge in [0.05, 0.1) is 5.41 Å². The molecule has 18 heavy (non-hydrogen) atoms. The Kier molecular flexibility index (Phi) is 4.37. The van der Waals surface area contributed by atoms with E-state index in [2.05, 4.69) is 5.32 Å². The minimum Gasteiger partial charge on any atom is -0.480 e. The van der Waals surface area contributed by atoms with Crippen molar-refractivity contribution in [1.82, 2.24) is 5.32 Å². The van der Waals surface area contributed by atoms with Crippen molar-refractivity contribution < 1.29 is 14.7 Å². The number of nitrogens with one attached hydrogen (secondary N) is 1. The summed E-state index contributed by atoms with van der Waals surface area (Å²) < 4.78 is 0. The monoisotopic (exact) mass is 256 g/mol. The fourth-order valence-corrected chi connectivity index (χ4v) is 2.51. The number of hydrogen-bond acceptors (Lipinski definition) is 3. The van der Waals surface area contributed by atoms with Crippen molar-refractivity contribution in [2.75, 3.05) is 6.54 Å². The molecule has 0 bridgehead atoms. The van der Waals surface area contributed by atoms with Crippen LogP contribution in [0.2, 0.25) is 0 Å². The zero-order valence-corrected chi connectivity index (χ0v) is 11.5. The van der Waals surface area contributed by atoms with Gasteiger partial charge in [-0.2, -0.15) is 0 Å². The Bertz CT molecular complexity index is 328. The smallest absolute Gasteiger partial charge is 0.326 e. The Labute approximate surface area is 108 Å². The van der Waals surface area contributed by atoms with Gasteiger partial charge in [0.15, 0.2) is 0 Å². The van der Waals surface area contributed by atoms with E-state index in [-0.39, 0.29) is 12.5 Å². The van der Waals surface area contributed by atoms with Crippen molar-refractivity contribution in [3.8, 4) is 0 Å². The molecule has 104 valence electrons. The number of carbonyl (C=O) groups excluding carboxylic acids is 1. The highest BCUT2D eigenvalue weighted by atomic mass is 16.4. The number of amides is 1. The molecule has 0 aromatic rings. The zero-order chi connectivity index (χ0) is 14.0. The van der Waals surface area contributed by atoms with E-state index < -0.39 is 22.8 Å². The molecule has 4 N–H and O–H groups in total. The van der Waals surface area contributed by atoms with Crippen LogP contribution in [-0.2, 0) is 9.59 Å². The van der Waals surface area contributed by atoms with Crippen LogP contribution in [0.15, 0.2) is 0 Å². The second kappa shape index (κ2) is 5.26. The summed E-state index contributed by atoms with van der Waals surface area (Å²) in [6.07, 6.45) is 3.48. The quantitative estimate of drug-likeness (QED) is 0.702. The molecule has 1 rings (SSSR count). The van der Waals surface area contributed by atoms with Crippen molar-refractivity contribution in [2.45, 2.75) is 52.5 Å². The third-order valence-corrected chi connectivity index (χ3v) is 3.82. The van der Waals surface area contributed by atoms with Crippen molar-refractivity contribution in [1.29, 1.82) is 0 Å². The fraction of sp³-hybridized carbons (Fsp3) is 0.846. The Hall–Kier alpha value is -1.10. The minimum absolute atomic E-state index is 0.204. The van der Waals surface area contributed by atoms with Crippen molar-refractivity contribution in [3.05, 3.63) is 0 Å². The largest absolute Gasteiger partial charge is 0.480 e. The third-order valence-electron chi connectivity index (χ3n) is 3.82. The Morgan fingerprint density at radius 2 is 1.83 bits per heavy atom. The lowest BCUT2D eigenvalue weighted by Crippen LogP contribution is -2.54. The van der Waals surface area contributed by atoms with E-state index in [9.17, 15) is 14.7 Å². The summed E-state index contributed by atoms with van der Waals surface area (Å²) in [6.45, 7) is 5.69. The molecule has 1 amide bonds. The van der Waals surface area contributed by atoms with E-state index in [1.165, 1.54) is 0 Å². The molecule has 1 saturated carbocycles. The van der Waals surface area contributed by atoms with Crippen LogP contribution in [0, 0.1) is 10.8 Å². The molecular formula is C13H24N2O3. The van der Waals surface area contributed by atoms with Gasteiger partial charge in [-0.15, -0.1) is 0 Å². The van der Waals surface area contributed by atoms with E-state index >= 15 is 0 Å². The summed E-state index contributed by atoms with van der Waals surface area (Å²) in [5.41, 5.74) is 4.65. The molecule has 0 heterocycles. The van der Waals surface area contributed by atoms with Gasteiger partial charge in [0.1, 0.15) is 6.04 Å². The second-order valence-corrected chi connectivity index (χ2v) is 6.30. The van der Waals surface area contributed by atoms with Crippen LogP contribution in [0.4, 0.5) is 0 Å². The molecular weight excluding hydrogens is 232 g/mol. The lowest BCUT2D eigenvalue weighted by atomic mass is 9.82. The number of carboxylic acid groups (broad SMARTS) is 1. The van der Waals surface area contributed by atoms with Gasteiger partial charge in [-0.25, -0.2) is 4.79 Å². The number of carboxylic acids is 1. The van der Waals surface area contributed by atoms with Crippen LogP contribution < -0.4 is 11.1 Å². The van der Waals surface area contributed by atoms with Crippen molar-refractivity contribution in [2.24, 2.45) is 16.6 Å². The summed E-state index contributed by atoms with van der Waals surface area (Å²) in [5.74, 6) is -1.20. The van der Waals surface area contributed by atoms with Crippen LogP contribution >= 0.6 is 0 Å². The summed E-state index contributed by atoms with van der Waals surface area (Å²) >= 11 is 0. The molecule has 5 heteroatoms. The van der Waals surface area contributed by atoms with Crippen molar-refractivity contribution in [3.63, 3.8) is 0 Å². The summed E-state index contributed by atoms with van der Waals surface area (Å²) in [6, 6.07) is -0.881. The molecule has 1 fully saturated rings. The summed E-state index contributed by atoms with van der Waals surface area (Å²) in [7, 11) is 0. The maximum absolute atomic E-state index is 12.3. The van der Waals surface area contributed by atoms with E-state index in [1.807, 2.05) is 0 Å². The summed E-state index contributed by atoms with van der Waals surface area (Å²) in [5, 5.41) is 11.9. The van der Waals surface area contributed by atoms with Gasteiger partial charge in [0.2, 0.25) is 5.91 Å². The first-order valence-corrected chi connectivity index (χ1v) is 6.47. The molecule has 0 radical (unpaired) electrons. The molecule has 0 aliphatic heterocycles. The van der Waals surface area contributed by atoms with Crippen LogP contribution in [0.5, 0.6) is 0 Å². The lowest BCUT2D eigenvalue weighted by Gasteiger charge is -2.33. The van der Waals surface area contributed by atoms with Gasteiger partial charge < -0.3 is 16.2 Å². The highest BCUT2D eigenvalue weighted by molar-refractivity contribution is 5.88. The number of hydrogen-bond donors (Lipinski definition) is 3. The molecule has 1 aliphatic rings. The van der Waals surface area contributed by atoms with E-state index in [4.69, 9.17) is 5.73 Å². The maximum Gasteiger partial charge on any atom is 0.326 e. The zero-order valence-electron chi connectivity index (χ0n) is 11.5. The molecule has 0 saturated heterocycles. The number of rotatable bonds is 4. The third kappa shape index (κ3) is 3.02. The van der Waals surface area contributed by atoms with Gasteiger partial charge in [-0.05, 0) is 18.3 Å². The second-order valence-electron chi connectivity index (χ2n) is 6.30. The molecule has 1 atom stereocenters. The number of carbonyl (C=O) groups is 2. The standard InChI is InChI=1S/C13H24N2O3/c1-12(2,3)9(10(16)17)15-11(18)13(8-14)6-4-5-7-13/h9H,4-8,14H2,1-3H3,(H,15,18)(H,16,17)/t9-/m1/s1. The van der Waals surface area contributed by atoms with Gasteiger partial charge in [-0.3, -0.25) is 4.79 Å². The highest BCUT2D eigenvalue weighted by Crippen LogP contribution is 2.37. The Morgan fingerprint density at radius 1 is 1.33 bits per heavy atom. The first-order chi connectivity index (χ1) is 8.23. The maximum atomic E-state index is 12.3. The van der Waals surface area contributed by atoms with Gasteiger partial charge >= 0.3 is 5.97 Å². The SMILES string of the molecule is CC(C)(C)[C@H](NC(=O)C1(CN)CCCC1)C(=O)O. The van der Waals surface area contributed by atoms with Gasteiger partial charge in [0.25, 0.3) is 0 Å². The Balaban J connectivity index is 2.81. The molecule has 0 unspecified atom stereocenters. The minimum atomic E-state index is -0.999. The van der Waals surface area contributed by atoms with Crippen molar-refractivity contribution >= 4 is 11.9 Å². The molecule has 0 spiro atoms. The number of nitrogens with two attached hydrogens (primary N) is 1. The number of aliphatic carboxylic acids is 1. The first-order valence-electron chi connectivity index (χ1n) is 6.47. The van der Waals surface area contributed by atoms with E-state index in [1.54, 1.807) is 20.8 Å². The lowest BCUT2D eigenvalue weighted by molar-refractivity contribution is -0.146. The van der Waals surface area contributed by atoms with E-state index in [0.717, 1.165) is 25.7 Å². The highest BCUT2D eigenvalue weighted by Gasteiger charge is 2.43. The van der Waals surface area contributed by atoms with Crippen LogP contribution in [0.25, 0.3) is 0 Å². The molecule has 0 aromatic heterocycles. The predicted molar refractivity (Wildman–Crippen MR) is 69.0 cm³/mol. The molecule has 5 nitrogen and oxygen atoms in total. The first kappa shape index (κ1) is 15.0. The van der Waals surface area contributed by atoms with Crippen LogP contribution in [0.3, 0.4) is 0 Å². The van der Waals surface area contributed by atoms with Crippen LogP contribution in [0.1, 0.15) is 46.5 Å². The normalized spacial score (nSPS) is 20.4. The molecule has 1 aliphatic carbocycles. The Morgan fingerprint density at radius 3 is 2.17 bits per heavy atom. The summed E-state index contributed by atoms with van der Waals surface area (Å²) in [4.78, 5) is 23.5. The van der Waals surface area contributed by atoms with Gasteiger partial charge in [0, 0.05) is 6.54 Å². The van der Waals surface area contributed by atoms with Crippen LogP contribution in [-0.4, -0.2) is 29.6 Å². The fourth-order valence-electron chi connectivity index (χ4n) is 2.51. The van der Waals surface area contributed by atoms with E-state index in [0.29, 0.717) is 0 Å². The van der Waals surface area contributed by atoms with Gasteiger partial charge in [-0.1, -0.05) is 33.6 Å². The topological polar surface area (TPSA) is 92.4 Å². The molecule has 0 aromatic carbocycles. The average Bonchev–Trinajstić information content (AvgIpc) is 2.73.